The van der Waals surface area contributed by atoms with E-state index < -0.39 is 7.26 Å². The molecule has 0 atom stereocenters. The van der Waals surface area contributed by atoms with Crippen molar-refractivity contribution in [3.63, 3.8) is 0 Å². The highest BCUT2D eigenvalue weighted by atomic mass is 79.9. The molecule has 0 heterocycles. The first kappa shape index (κ1) is 24.1. The summed E-state index contributed by atoms with van der Waals surface area (Å²) in [7, 11) is -2.15. The van der Waals surface area contributed by atoms with Gasteiger partial charge in [0, 0.05) is 0 Å². The predicted octanol–water partition coefficient (Wildman–Crippen LogP) is 1.77. The number of ketones is 1. The number of carbonyl (C=O) groups excluding carboxylic acids is 1. The molecule has 4 aromatic rings. The summed E-state index contributed by atoms with van der Waals surface area (Å²) in [6.07, 6.45) is 0.444. The number of benzene rings is 4. The van der Waals surface area contributed by atoms with Crippen molar-refractivity contribution in [3.8, 4) is 0 Å². The van der Waals surface area contributed by atoms with E-state index in [2.05, 4.69) is 72.8 Å². The van der Waals surface area contributed by atoms with Crippen molar-refractivity contribution in [2.24, 2.45) is 0 Å². The van der Waals surface area contributed by atoms with Gasteiger partial charge in [-0.1, -0.05) is 84.9 Å². The Hall–Kier alpha value is -2.58. The number of ether oxygens (including phenoxy) is 1. The quantitative estimate of drug-likeness (QED) is 0.325. The summed E-state index contributed by atoms with van der Waals surface area (Å²) < 4.78 is 5.80. The lowest BCUT2D eigenvalue weighted by molar-refractivity contribution is -0.121. The van der Waals surface area contributed by atoms with E-state index in [1.165, 1.54) is 15.9 Å². The van der Waals surface area contributed by atoms with Gasteiger partial charge in [-0.3, -0.25) is 4.79 Å². The van der Waals surface area contributed by atoms with Gasteiger partial charge in [0.05, 0.1) is 6.61 Å². The molecule has 32 heavy (non-hydrogen) atoms. The number of Topliss-reactive ketones (excluding diaryl/α,β-unsaturated/α-hetero) is 1. The van der Waals surface area contributed by atoms with Gasteiger partial charge in [-0.15, -0.1) is 0 Å². The zero-order valence-electron chi connectivity index (χ0n) is 17.8. The molecule has 0 N–H and O–H groups in total. The second-order valence-corrected chi connectivity index (χ2v) is 11.0. The summed E-state index contributed by atoms with van der Waals surface area (Å²) in [4.78, 5) is 13.3. The van der Waals surface area contributed by atoms with E-state index in [1.54, 1.807) is 0 Å². The van der Waals surface area contributed by atoms with Gasteiger partial charge in [-0.25, -0.2) is 0 Å². The summed E-state index contributed by atoms with van der Waals surface area (Å²) in [5.74, 6) is 0.126. The van der Waals surface area contributed by atoms with Crippen LogP contribution in [0.3, 0.4) is 0 Å². The first-order valence-electron chi connectivity index (χ1n) is 10.5. The van der Waals surface area contributed by atoms with Crippen molar-refractivity contribution in [1.82, 2.24) is 0 Å². The first-order chi connectivity index (χ1) is 15.3. The Bertz CT molecular complexity index is 991. The Morgan fingerprint density at radius 1 is 0.594 bits per heavy atom. The fraction of sp³-hybridized carbons (Fsp3) is 0.107. The maximum absolute atomic E-state index is 13.3. The van der Waals surface area contributed by atoms with Crippen molar-refractivity contribution < 1.29 is 26.5 Å². The van der Waals surface area contributed by atoms with Gasteiger partial charge in [0.25, 0.3) is 0 Å². The van der Waals surface area contributed by atoms with E-state index in [1.807, 2.05) is 48.5 Å². The monoisotopic (exact) mass is 504 g/mol. The van der Waals surface area contributed by atoms with Gasteiger partial charge < -0.3 is 21.7 Å². The van der Waals surface area contributed by atoms with Crippen LogP contribution in [0.25, 0.3) is 0 Å². The molecule has 4 rings (SSSR count). The van der Waals surface area contributed by atoms with Crippen molar-refractivity contribution in [2.75, 3.05) is 12.8 Å². The van der Waals surface area contributed by atoms with Gasteiger partial charge >= 0.3 is 0 Å². The molecule has 0 radical (unpaired) electrons. The molecule has 0 spiro atoms. The Kier molecular flexibility index (Phi) is 8.93. The lowest BCUT2D eigenvalue weighted by Crippen LogP contribution is -3.00. The summed E-state index contributed by atoms with van der Waals surface area (Å²) in [6, 6.07) is 41.4. The van der Waals surface area contributed by atoms with Crippen LogP contribution in [0.1, 0.15) is 5.56 Å². The molecule has 0 aliphatic rings. The number of hydrogen-bond acceptors (Lipinski definition) is 2. The minimum atomic E-state index is -2.15. The first-order valence-corrected chi connectivity index (χ1v) is 12.4. The minimum Gasteiger partial charge on any atom is -1.00 e. The highest BCUT2D eigenvalue weighted by Gasteiger charge is 2.46. The molecule has 4 aromatic carbocycles. The molecule has 0 saturated carbocycles. The van der Waals surface area contributed by atoms with E-state index in [0.29, 0.717) is 12.8 Å². The van der Waals surface area contributed by atoms with Crippen molar-refractivity contribution in [3.05, 3.63) is 127 Å². The van der Waals surface area contributed by atoms with Crippen molar-refractivity contribution >= 4 is 29.0 Å². The lowest BCUT2D eigenvalue weighted by atomic mass is 10.2. The van der Waals surface area contributed by atoms with E-state index in [-0.39, 0.29) is 29.4 Å². The SMILES string of the molecule is O=C(COCc1ccccc1)C[P+](c1ccccc1)(c1ccccc1)c1ccccc1.[Br-]. The van der Waals surface area contributed by atoms with Gasteiger partial charge in [-0.05, 0) is 42.0 Å². The second kappa shape index (κ2) is 11.9. The molecule has 0 aliphatic heterocycles. The molecule has 0 aromatic heterocycles. The van der Waals surface area contributed by atoms with Crippen molar-refractivity contribution in [1.29, 1.82) is 0 Å². The largest absolute Gasteiger partial charge is 1.00 e. The molecule has 2 nitrogen and oxygen atoms in total. The molecule has 0 unspecified atom stereocenters. The van der Waals surface area contributed by atoms with Crippen LogP contribution in [-0.4, -0.2) is 18.6 Å². The normalized spacial score (nSPS) is 10.9. The molecule has 0 bridgehead atoms. The van der Waals surface area contributed by atoms with Gasteiger partial charge in [0.2, 0.25) is 0 Å². The second-order valence-electron chi connectivity index (χ2n) is 7.49. The lowest BCUT2D eigenvalue weighted by Gasteiger charge is -2.27. The average molecular weight is 505 g/mol. The third-order valence-electron chi connectivity index (χ3n) is 5.38. The standard InChI is InChI=1S/C28H26O2P.BrH/c29-25(22-30-21-24-13-5-1-6-14-24)23-31(26-15-7-2-8-16-26,27-17-9-3-10-18-27)28-19-11-4-12-20-28;/h1-20H,21-23H2;1H/q+1;/p-1. The van der Waals surface area contributed by atoms with Crippen LogP contribution in [-0.2, 0) is 16.1 Å². The number of halogens is 1. The van der Waals surface area contributed by atoms with Crippen LogP contribution in [0.15, 0.2) is 121 Å². The van der Waals surface area contributed by atoms with E-state index in [9.17, 15) is 4.79 Å². The average Bonchev–Trinajstić information content (AvgIpc) is 2.85. The summed E-state index contributed by atoms with van der Waals surface area (Å²) in [5.41, 5.74) is 1.07. The van der Waals surface area contributed by atoms with Gasteiger partial charge in [-0.2, -0.15) is 0 Å². The van der Waals surface area contributed by atoms with Crippen LogP contribution in [0, 0.1) is 0 Å². The third kappa shape index (κ3) is 5.61. The number of carbonyl (C=O) groups is 1. The minimum absolute atomic E-state index is 0. The van der Waals surface area contributed by atoms with Crippen molar-refractivity contribution in [2.45, 2.75) is 6.61 Å². The molecule has 162 valence electrons. The fourth-order valence-corrected chi connectivity index (χ4v) is 8.04. The van der Waals surface area contributed by atoms with Crippen LogP contribution < -0.4 is 32.9 Å². The van der Waals surface area contributed by atoms with Crippen LogP contribution in [0.2, 0.25) is 0 Å². The molecule has 0 amide bonds. The molecule has 0 fully saturated rings. The third-order valence-corrected chi connectivity index (χ3v) is 9.75. The summed E-state index contributed by atoms with van der Waals surface area (Å²) in [5, 5.41) is 3.64. The van der Waals surface area contributed by atoms with E-state index in [4.69, 9.17) is 4.74 Å². The number of hydrogen-bond donors (Lipinski definition) is 0. The Balaban J connectivity index is 0.00000289. The number of rotatable bonds is 9. The Morgan fingerprint density at radius 2 is 0.969 bits per heavy atom. The topological polar surface area (TPSA) is 26.3 Å². The summed E-state index contributed by atoms with van der Waals surface area (Å²) in [6.45, 7) is 0.559. The molecule has 0 aliphatic carbocycles. The maximum atomic E-state index is 13.3. The Morgan fingerprint density at radius 3 is 1.38 bits per heavy atom. The molecule has 4 heteroatoms. The smallest absolute Gasteiger partial charge is 0.196 e. The van der Waals surface area contributed by atoms with E-state index in [0.717, 1.165) is 5.56 Å². The highest BCUT2D eigenvalue weighted by Crippen LogP contribution is 2.55. The molecule has 0 saturated heterocycles. The fourth-order valence-electron chi connectivity index (χ4n) is 3.94. The molecular formula is C28H26BrO2P. The summed E-state index contributed by atoms with van der Waals surface area (Å²) >= 11 is 0. The van der Waals surface area contributed by atoms with Crippen LogP contribution >= 0.6 is 7.26 Å². The zero-order valence-corrected chi connectivity index (χ0v) is 20.3. The Labute approximate surface area is 201 Å². The molecular weight excluding hydrogens is 479 g/mol. The predicted molar refractivity (Wildman–Crippen MR) is 131 cm³/mol. The van der Waals surface area contributed by atoms with Gasteiger partial charge in [0.1, 0.15) is 35.9 Å². The van der Waals surface area contributed by atoms with E-state index >= 15 is 0 Å². The van der Waals surface area contributed by atoms with Crippen LogP contribution in [0.4, 0.5) is 0 Å². The maximum Gasteiger partial charge on any atom is 0.196 e. The zero-order chi connectivity index (χ0) is 21.4. The van der Waals surface area contributed by atoms with Gasteiger partial charge in [0.15, 0.2) is 5.78 Å². The van der Waals surface area contributed by atoms with Crippen LogP contribution in [0.5, 0.6) is 0 Å². The highest BCUT2D eigenvalue weighted by molar-refractivity contribution is 7.96.